The second kappa shape index (κ2) is 4.39. The van der Waals surface area contributed by atoms with E-state index in [1.807, 2.05) is 5.41 Å². The summed E-state index contributed by atoms with van der Waals surface area (Å²) in [4.78, 5) is 9.62. The summed E-state index contributed by atoms with van der Waals surface area (Å²) >= 11 is 1.44. The lowest BCUT2D eigenvalue weighted by molar-refractivity contribution is 0.612. The molecule has 8 heteroatoms. The summed E-state index contributed by atoms with van der Waals surface area (Å²) in [5.41, 5.74) is 7.36. The Balaban J connectivity index is 1.98. The van der Waals surface area contributed by atoms with Crippen LogP contribution in [0.25, 0.3) is 5.70 Å². The fraction of sp³-hybridized carbons (Fsp3) is 0.100. The van der Waals surface area contributed by atoms with Gasteiger partial charge in [0.2, 0.25) is 5.95 Å². The van der Waals surface area contributed by atoms with Gasteiger partial charge in [0.15, 0.2) is 5.82 Å². The topological polar surface area (TPSA) is 83.7 Å². The van der Waals surface area contributed by atoms with Gasteiger partial charge in [-0.3, -0.25) is 10.00 Å². The molecule has 1 aliphatic heterocycles. The molecule has 1 unspecified atom stereocenters. The molecule has 1 atom stereocenters. The number of thioether (sulfide) groups is 1. The lowest BCUT2D eigenvalue weighted by atomic mass is 10.2. The molecule has 0 aromatic carbocycles. The SMILES string of the molecule is NC1SC=C(c2cn[nH]c2)N1c1ncc(F)cn1. The highest BCUT2D eigenvalue weighted by Gasteiger charge is 2.28. The van der Waals surface area contributed by atoms with Gasteiger partial charge in [0.1, 0.15) is 5.50 Å². The smallest absolute Gasteiger partial charge is 0.232 e. The Labute approximate surface area is 106 Å². The van der Waals surface area contributed by atoms with Crippen molar-refractivity contribution in [3.05, 3.63) is 41.6 Å². The van der Waals surface area contributed by atoms with E-state index in [0.29, 0.717) is 5.95 Å². The van der Waals surface area contributed by atoms with Crippen LogP contribution in [-0.2, 0) is 0 Å². The van der Waals surface area contributed by atoms with Crippen molar-refractivity contribution >= 4 is 23.4 Å². The number of anilines is 1. The monoisotopic (exact) mass is 264 g/mol. The van der Waals surface area contributed by atoms with Crippen LogP contribution in [0.4, 0.5) is 10.3 Å². The molecule has 2 aromatic rings. The summed E-state index contributed by atoms with van der Waals surface area (Å²) < 4.78 is 12.8. The zero-order chi connectivity index (χ0) is 12.5. The molecule has 1 aliphatic rings. The summed E-state index contributed by atoms with van der Waals surface area (Å²) in [6.45, 7) is 0. The molecule has 0 radical (unpaired) electrons. The van der Waals surface area contributed by atoms with Crippen molar-refractivity contribution in [3.8, 4) is 0 Å². The minimum Gasteiger partial charge on any atom is -0.302 e. The number of nitrogens with zero attached hydrogens (tertiary/aromatic N) is 4. The average Bonchev–Trinajstić information content (AvgIpc) is 2.99. The van der Waals surface area contributed by atoms with Gasteiger partial charge in [0.05, 0.1) is 24.3 Å². The highest BCUT2D eigenvalue weighted by molar-refractivity contribution is 8.03. The summed E-state index contributed by atoms with van der Waals surface area (Å²) in [5, 5.41) is 8.53. The summed E-state index contributed by atoms with van der Waals surface area (Å²) in [5.74, 6) is -0.116. The first-order valence-corrected chi connectivity index (χ1v) is 6.07. The number of halogens is 1. The van der Waals surface area contributed by atoms with Crippen molar-refractivity contribution in [1.29, 1.82) is 0 Å². The van der Waals surface area contributed by atoms with Crippen LogP contribution in [-0.4, -0.2) is 25.7 Å². The van der Waals surface area contributed by atoms with Crippen LogP contribution in [0.15, 0.2) is 30.2 Å². The molecule has 3 N–H and O–H groups in total. The van der Waals surface area contributed by atoms with Gasteiger partial charge in [-0.05, 0) is 5.41 Å². The van der Waals surface area contributed by atoms with E-state index < -0.39 is 5.82 Å². The number of nitrogens with one attached hydrogen (secondary N) is 1. The number of nitrogens with two attached hydrogens (primary N) is 1. The molecule has 0 amide bonds. The Bertz CT molecular complexity index is 567. The molecular weight excluding hydrogens is 255 g/mol. The first-order chi connectivity index (χ1) is 8.75. The zero-order valence-electron chi connectivity index (χ0n) is 9.12. The molecule has 0 aliphatic carbocycles. The molecule has 18 heavy (non-hydrogen) atoms. The molecule has 2 aromatic heterocycles. The Morgan fingerprint density at radius 3 is 2.78 bits per heavy atom. The predicted octanol–water partition coefficient (Wildman–Crippen LogP) is 1.13. The summed E-state index contributed by atoms with van der Waals surface area (Å²) in [6, 6.07) is 0. The number of H-pyrrole nitrogens is 1. The van der Waals surface area contributed by atoms with E-state index in [9.17, 15) is 4.39 Å². The van der Waals surface area contributed by atoms with Gasteiger partial charge in [-0.2, -0.15) is 5.10 Å². The van der Waals surface area contributed by atoms with Crippen LogP contribution in [0.3, 0.4) is 0 Å². The molecule has 3 rings (SSSR count). The lowest BCUT2D eigenvalue weighted by Crippen LogP contribution is -2.35. The Kier molecular flexibility index (Phi) is 2.73. The van der Waals surface area contributed by atoms with Crippen molar-refractivity contribution in [1.82, 2.24) is 20.2 Å². The molecule has 0 bridgehead atoms. The molecule has 92 valence electrons. The number of aromatic nitrogens is 4. The van der Waals surface area contributed by atoms with Gasteiger partial charge in [-0.1, -0.05) is 11.8 Å². The first-order valence-electron chi connectivity index (χ1n) is 5.13. The highest BCUT2D eigenvalue weighted by Crippen LogP contribution is 2.36. The van der Waals surface area contributed by atoms with E-state index in [2.05, 4.69) is 20.2 Å². The Morgan fingerprint density at radius 2 is 2.11 bits per heavy atom. The van der Waals surface area contributed by atoms with E-state index in [1.54, 1.807) is 17.3 Å². The standard InChI is InChI=1S/C10H9FN6S/c11-7-3-13-10(14-4-7)17-8(5-18-9(17)12)6-1-15-16-2-6/h1-5,9H,12H2,(H,15,16). The van der Waals surface area contributed by atoms with Gasteiger partial charge in [-0.25, -0.2) is 14.4 Å². The quantitative estimate of drug-likeness (QED) is 0.846. The van der Waals surface area contributed by atoms with Crippen molar-refractivity contribution < 1.29 is 4.39 Å². The second-order valence-corrected chi connectivity index (χ2v) is 4.58. The highest BCUT2D eigenvalue weighted by atomic mass is 32.2. The fourth-order valence-corrected chi connectivity index (χ4v) is 2.49. The van der Waals surface area contributed by atoms with Crippen LogP contribution < -0.4 is 10.6 Å². The first kappa shape index (κ1) is 11.2. The number of hydrogen-bond acceptors (Lipinski definition) is 6. The van der Waals surface area contributed by atoms with Crippen molar-refractivity contribution in [2.75, 3.05) is 4.90 Å². The van der Waals surface area contributed by atoms with Crippen LogP contribution in [0.5, 0.6) is 0 Å². The average molecular weight is 264 g/mol. The molecule has 0 fully saturated rings. The van der Waals surface area contributed by atoms with Gasteiger partial charge >= 0.3 is 0 Å². The predicted molar refractivity (Wildman–Crippen MR) is 66.6 cm³/mol. The number of aromatic amines is 1. The van der Waals surface area contributed by atoms with Crippen LogP contribution >= 0.6 is 11.8 Å². The van der Waals surface area contributed by atoms with Crippen molar-refractivity contribution in [2.45, 2.75) is 5.50 Å². The van der Waals surface area contributed by atoms with E-state index >= 15 is 0 Å². The Hall–Kier alpha value is -1.93. The number of rotatable bonds is 2. The van der Waals surface area contributed by atoms with E-state index in [4.69, 9.17) is 5.73 Å². The molecule has 0 saturated heterocycles. The summed E-state index contributed by atoms with van der Waals surface area (Å²) in [6.07, 6.45) is 5.66. The third kappa shape index (κ3) is 1.85. The van der Waals surface area contributed by atoms with Crippen LogP contribution in [0.2, 0.25) is 0 Å². The van der Waals surface area contributed by atoms with Gasteiger partial charge in [0, 0.05) is 11.8 Å². The normalized spacial score (nSPS) is 19.1. The van der Waals surface area contributed by atoms with E-state index in [1.165, 1.54) is 11.8 Å². The second-order valence-electron chi connectivity index (χ2n) is 3.59. The Morgan fingerprint density at radius 1 is 1.33 bits per heavy atom. The molecular formula is C10H9FN6S. The minimum atomic E-state index is -0.479. The van der Waals surface area contributed by atoms with Crippen molar-refractivity contribution in [3.63, 3.8) is 0 Å². The van der Waals surface area contributed by atoms with Crippen LogP contribution in [0, 0.1) is 5.82 Å². The maximum absolute atomic E-state index is 12.8. The summed E-state index contributed by atoms with van der Waals surface area (Å²) in [7, 11) is 0. The molecule has 3 heterocycles. The minimum absolute atomic E-state index is 0.333. The maximum atomic E-state index is 12.8. The third-order valence-electron chi connectivity index (χ3n) is 2.45. The van der Waals surface area contributed by atoms with Crippen LogP contribution in [0.1, 0.15) is 5.56 Å². The zero-order valence-corrected chi connectivity index (χ0v) is 9.93. The fourth-order valence-electron chi connectivity index (χ4n) is 1.64. The molecule has 0 saturated carbocycles. The van der Waals surface area contributed by atoms with E-state index in [-0.39, 0.29) is 5.50 Å². The number of hydrogen-bond donors (Lipinski definition) is 2. The largest absolute Gasteiger partial charge is 0.302 e. The molecule has 6 nitrogen and oxygen atoms in total. The van der Waals surface area contributed by atoms with Crippen molar-refractivity contribution in [2.24, 2.45) is 5.73 Å². The van der Waals surface area contributed by atoms with E-state index in [0.717, 1.165) is 23.7 Å². The van der Waals surface area contributed by atoms with Gasteiger partial charge < -0.3 is 5.73 Å². The van der Waals surface area contributed by atoms with Gasteiger partial charge in [0.25, 0.3) is 0 Å². The van der Waals surface area contributed by atoms with Gasteiger partial charge in [-0.15, -0.1) is 0 Å². The lowest BCUT2D eigenvalue weighted by Gasteiger charge is -2.23. The molecule has 0 spiro atoms. The third-order valence-corrected chi connectivity index (χ3v) is 3.30. The maximum Gasteiger partial charge on any atom is 0.232 e.